The van der Waals surface area contributed by atoms with Crippen LogP contribution < -0.4 is 5.32 Å². The standard InChI is InChI=1S/C8H15FN2O2/c1-11(2)5-13-8(12)7-3-6(9)4-10-7/h6-7,10H,3-5H2,1-2H3. The van der Waals surface area contributed by atoms with Gasteiger partial charge in [0.15, 0.2) is 0 Å². The lowest BCUT2D eigenvalue weighted by molar-refractivity contribution is -0.149. The number of hydrogen-bond acceptors (Lipinski definition) is 4. The van der Waals surface area contributed by atoms with Gasteiger partial charge >= 0.3 is 5.97 Å². The third kappa shape index (κ3) is 3.28. The molecule has 1 aliphatic heterocycles. The summed E-state index contributed by atoms with van der Waals surface area (Å²) in [7, 11) is 3.60. The van der Waals surface area contributed by atoms with Crippen molar-refractivity contribution in [2.75, 3.05) is 27.4 Å². The molecule has 1 rings (SSSR count). The van der Waals surface area contributed by atoms with Crippen LogP contribution in [0.5, 0.6) is 0 Å². The second-order valence-electron chi connectivity index (χ2n) is 3.47. The summed E-state index contributed by atoms with van der Waals surface area (Å²) in [5, 5.41) is 2.76. The number of carbonyl (C=O) groups is 1. The molecule has 0 amide bonds. The zero-order valence-electron chi connectivity index (χ0n) is 7.92. The Hall–Kier alpha value is -0.680. The second kappa shape index (κ2) is 4.53. The number of carbonyl (C=O) groups excluding carboxylic acids is 1. The smallest absolute Gasteiger partial charge is 0.324 e. The van der Waals surface area contributed by atoms with Crippen molar-refractivity contribution in [1.82, 2.24) is 10.2 Å². The number of nitrogens with zero attached hydrogens (tertiary/aromatic N) is 1. The first-order chi connectivity index (χ1) is 6.09. The Morgan fingerprint density at radius 2 is 2.38 bits per heavy atom. The first-order valence-electron chi connectivity index (χ1n) is 4.28. The number of halogens is 1. The third-order valence-corrected chi connectivity index (χ3v) is 1.83. The van der Waals surface area contributed by atoms with E-state index in [9.17, 15) is 9.18 Å². The van der Waals surface area contributed by atoms with E-state index in [0.717, 1.165) is 0 Å². The summed E-state index contributed by atoms with van der Waals surface area (Å²) >= 11 is 0. The molecule has 0 radical (unpaired) electrons. The van der Waals surface area contributed by atoms with Crippen LogP contribution in [0.4, 0.5) is 4.39 Å². The Bertz CT molecular complexity index is 187. The third-order valence-electron chi connectivity index (χ3n) is 1.83. The molecule has 0 aromatic carbocycles. The van der Waals surface area contributed by atoms with Crippen LogP contribution in [-0.4, -0.2) is 50.5 Å². The fourth-order valence-electron chi connectivity index (χ4n) is 1.17. The lowest BCUT2D eigenvalue weighted by atomic mass is 10.2. The number of rotatable bonds is 3. The average Bonchev–Trinajstić information content (AvgIpc) is 2.47. The topological polar surface area (TPSA) is 41.6 Å². The molecule has 2 unspecified atom stereocenters. The molecular weight excluding hydrogens is 175 g/mol. The van der Waals surface area contributed by atoms with Crippen LogP contribution in [-0.2, 0) is 9.53 Å². The first kappa shape index (κ1) is 10.4. The van der Waals surface area contributed by atoms with Gasteiger partial charge in [-0.05, 0) is 14.1 Å². The molecule has 0 spiro atoms. The van der Waals surface area contributed by atoms with Gasteiger partial charge in [0.05, 0.1) is 0 Å². The summed E-state index contributed by atoms with van der Waals surface area (Å²) in [6.45, 7) is 0.496. The number of hydrogen-bond donors (Lipinski definition) is 1. The fourth-order valence-corrected chi connectivity index (χ4v) is 1.17. The molecule has 1 aliphatic rings. The highest BCUT2D eigenvalue weighted by Gasteiger charge is 2.30. The van der Waals surface area contributed by atoms with Crippen molar-refractivity contribution >= 4 is 5.97 Å². The van der Waals surface area contributed by atoms with Crippen LogP contribution in [0.15, 0.2) is 0 Å². The largest absolute Gasteiger partial charge is 0.448 e. The normalized spacial score (nSPS) is 28.0. The molecule has 13 heavy (non-hydrogen) atoms. The Morgan fingerprint density at radius 3 is 2.85 bits per heavy atom. The van der Waals surface area contributed by atoms with Crippen molar-refractivity contribution in [3.63, 3.8) is 0 Å². The molecule has 0 aliphatic carbocycles. The van der Waals surface area contributed by atoms with Gasteiger partial charge in [-0.3, -0.25) is 9.69 Å². The van der Waals surface area contributed by atoms with E-state index < -0.39 is 12.2 Å². The van der Waals surface area contributed by atoms with Gasteiger partial charge in [0.25, 0.3) is 0 Å². The van der Waals surface area contributed by atoms with E-state index in [0.29, 0.717) is 0 Å². The molecule has 0 bridgehead atoms. The van der Waals surface area contributed by atoms with E-state index in [4.69, 9.17) is 4.74 Å². The van der Waals surface area contributed by atoms with Gasteiger partial charge in [-0.25, -0.2) is 4.39 Å². The van der Waals surface area contributed by atoms with Crippen molar-refractivity contribution in [1.29, 1.82) is 0 Å². The summed E-state index contributed by atoms with van der Waals surface area (Å²) in [6, 6.07) is -0.463. The van der Waals surface area contributed by atoms with E-state index in [1.165, 1.54) is 0 Å². The van der Waals surface area contributed by atoms with Gasteiger partial charge in [-0.1, -0.05) is 0 Å². The Labute approximate surface area is 77.0 Å². The minimum atomic E-state index is -0.920. The summed E-state index contributed by atoms with van der Waals surface area (Å²) in [6.07, 6.45) is -0.691. The van der Waals surface area contributed by atoms with E-state index in [1.54, 1.807) is 19.0 Å². The zero-order valence-corrected chi connectivity index (χ0v) is 7.92. The van der Waals surface area contributed by atoms with Crippen LogP contribution in [0.2, 0.25) is 0 Å². The van der Waals surface area contributed by atoms with E-state index >= 15 is 0 Å². The molecule has 1 fully saturated rings. The van der Waals surface area contributed by atoms with Crippen molar-refractivity contribution in [2.24, 2.45) is 0 Å². The summed E-state index contributed by atoms with van der Waals surface area (Å²) in [5.74, 6) is -0.367. The van der Waals surface area contributed by atoms with Crippen LogP contribution in [0, 0.1) is 0 Å². The molecule has 0 saturated carbocycles. The number of nitrogens with one attached hydrogen (secondary N) is 1. The number of alkyl halides is 1. The summed E-state index contributed by atoms with van der Waals surface area (Å²) in [5.41, 5.74) is 0. The molecule has 1 N–H and O–H groups in total. The molecule has 0 aromatic heterocycles. The molecule has 76 valence electrons. The Kier molecular flexibility index (Phi) is 3.62. The predicted molar refractivity (Wildman–Crippen MR) is 45.9 cm³/mol. The van der Waals surface area contributed by atoms with Gasteiger partial charge in [-0.2, -0.15) is 0 Å². The molecule has 1 heterocycles. The monoisotopic (exact) mass is 190 g/mol. The molecular formula is C8H15FN2O2. The molecule has 1 saturated heterocycles. The van der Waals surface area contributed by atoms with E-state index in [1.807, 2.05) is 0 Å². The minimum absolute atomic E-state index is 0.228. The zero-order chi connectivity index (χ0) is 9.84. The van der Waals surface area contributed by atoms with Gasteiger partial charge in [0, 0.05) is 13.0 Å². The maximum absolute atomic E-state index is 12.7. The van der Waals surface area contributed by atoms with Crippen LogP contribution in [0.25, 0.3) is 0 Å². The highest BCUT2D eigenvalue weighted by Crippen LogP contribution is 2.10. The maximum atomic E-state index is 12.7. The first-order valence-corrected chi connectivity index (χ1v) is 4.28. The second-order valence-corrected chi connectivity index (χ2v) is 3.47. The average molecular weight is 190 g/mol. The molecule has 5 heteroatoms. The van der Waals surface area contributed by atoms with Gasteiger partial charge in [0.2, 0.25) is 0 Å². The minimum Gasteiger partial charge on any atom is -0.448 e. The van der Waals surface area contributed by atoms with Crippen molar-refractivity contribution in [3.05, 3.63) is 0 Å². The molecule has 0 aromatic rings. The predicted octanol–water partition coefficient (Wildman–Crippen LogP) is -0.251. The van der Waals surface area contributed by atoms with E-state index in [2.05, 4.69) is 5.32 Å². The highest BCUT2D eigenvalue weighted by molar-refractivity contribution is 5.76. The lowest BCUT2D eigenvalue weighted by Crippen LogP contribution is -2.34. The van der Waals surface area contributed by atoms with Crippen LogP contribution in [0.1, 0.15) is 6.42 Å². The number of esters is 1. The van der Waals surface area contributed by atoms with Crippen LogP contribution >= 0.6 is 0 Å². The maximum Gasteiger partial charge on any atom is 0.324 e. The van der Waals surface area contributed by atoms with Crippen LogP contribution in [0.3, 0.4) is 0 Å². The fraction of sp³-hybridized carbons (Fsp3) is 0.875. The SMILES string of the molecule is CN(C)COC(=O)C1CC(F)CN1. The summed E-state index contributed by atoms with van der Waals surface area (Å²) < 4.78 is 17.5. The molecule has 4 nitrogen and oxygen atoms in total. The summed E-state index contributed by atoms with van der Waals surface area (Å²) in [4.78, 5) is 13.0. The lowest BCUT2D eigenvalue weighted by Gasteiger charge is -2.13. The van der Waals surface area contributed by atoms with Crippen molar-refractivity contribution < 1.29 is 13.9 Å². The van der Waals surface area contributed by atoms with Gasteiger partial charge in [-0.15, -0.1) is 0 Å². The van der Waals surface area contributed by atoms with Gasteiger partial charge < -0.3 is 10.1 Å². The Balaban J connectivity index is 2.24. The number of ether oxygens (including phenoxy) is 1. The quantitative estimate of drug-likeness (QED) is 0.492. The van der Waals surface area contributed by atoms with Crippen molar-refractivity contribution in [2.45, 2.75) is 18.6 Å². The van der Waals surface area contributed by atoms with Crippen molar-refractivity contribution in [3.8, 4) is 0 Å². The molecule has 2 atom stereocenters. The Morgan fingerprint density at radius 1 is 1.69 bits per heavy atom. The van der Waals surface area contributed by atoms with Gasteiger partial charge in [0.1, 0.15) is 18.9 Å². The highest BCUT2D eigenvalue weighted by atomic mass is 19.1. The van der Waals surface area contributed by atoms with E-state index in [-0.39, 0.29) is 25.7 Å².